The maximum Gasteiger partial charge on any atom is 0.330 e. The molecular formula is C26H44O10. The van der Waals surface area contributed by atoms with Crippen molar-refractivity contribution in [2.24, 2.45) is 5.92 Å². The highest BCUT2D eigenvalue weighted by molar-refractivity contribution is 5.82. The predicted octanol–water partition coefficient (Wildman–Crippen LogP) is 1.71. The molecule has 0 saturated carbocycles. The highest BCUT2D eigenvalue weighted by Crippen LogP contribution is 2.40. The van der Waals surface area contributed by atoms with Gasteiger partial charge >= 0.3 is 11.9 Å². The Bertz CT molecular complexity index is 738. The van der Waals surface area contributed by atoms with Gasteiger partial charge in [0.05, 0.1) is 37.6 Å². The summed E-state index contributed by atoms with van der Waals surface area (Å²) in [6.07, 6.45) is 2.29. The van der Waals surface area contributed by atoms with E-state index in [-0.39, 0.29) is 44.0 Å². The van der Waals surface area contributed by atoms with Gasteiger partial charge in [0.25, 0.3) is 0 Å². The van der Waals surface area contributed by atoms with Gasteiger partial charge in [0.1, 0.15) is 17.8 Å². The second kappa shape index (κ2) is 14.4. The van der Waals surface area contributed by atoms with Crippen molar-refractivity contribution in [3.8, 4) is 0 Å². The fourth-order valence-corrected chi connectivity index (χ4v) is 4.60. The highest BCUT2D eigenvalue weighted by atomic mass is 16.6. The van der Waals surface area contributed by atoms with Gasteiger partial charge in [-0.05, 0) is 33.1 Å². The van der Waals surface area contributed by atoms with Gasteiger partial charge in [-0.3, -0.25) is 4.79 Å². The Balaban J connectivity index is 1.67. The maximum absolute atomic E-state index is 12.1. The van der Waals surface area contributed by atoms with Crippen molar-refractivity contribution in [1.29, 1.82) is 0 Å². The monoisotopic (exact) mass is 516 g/mol. The molecule has 2 saturated heterocycles. The zero-order valence-electron chi connectivity index (χ0n) is 21.7. The van der Waals surface area contributed by atoms with Gasteiger partial charge in [-0.25, -0.2) is 4.79 Å². The number of esters is 1. The van der Waals surface area contributed by atoms with Gasteiger partial charge in [-0.2, -0.15) is 0 Å². The third-order valence-electron chi connectivity index (χ3n) is 7.17. The number of hydrogen-bond donors (Lipinski definition) is 5. The molecule has 0 aromatic heterocycles. The van der Waals surface area contributed by atoms with Gasteiger partial charge < -0.3 is 39.7 Å². The predicted molar refractivity (Wildman–Crippen MR) is 130 cm³/mol. The molecule has 8 atom stereocenters. The van der Waals surface area contributed by atoms with Gasteiger partial charge in [0.15, 0.2) is 0 Å². The van der Waals surface area contributed by atoms with Crippen LogP contribution in [0.1, 0.15) is 78.6 Å². The number of aliphatic hydroxyl groups is 4. The summed E-state index contributed by atoms with van der Waals surface area (Å²) in [5, 5.41) is 50.4. The van der Waals surface area contributed by atoms with Gasteiger partial charge in [0, 0.05) is 24.8 Å². The molecule has 8 unspecified atom stereocenters. The Morgan fingerprint density at radius 1 is 1.08 bits per heavy atom. The molecule has 0 aromatic carbocycles. The van der Waals surface area contributed by atoms with E-state index in [1.165, 1.54) is 6.08 Å². The molecule has 2 aliphatic rings. The van der Waals surface area contributed by atoms with Crippen LogP contribution in [0.2, 0.25) is 0 Å². The molecule has 0 amide bonds. The summed E-state index contributed by atoms with van der Waals surface area (Å²) in [5.74, 6) is -1.37. The van der Waals surface area contributed by atoms with Crippen molar-refractivity contribution in [2.75, 3.05) is 13.2 Å². The van der Waals surface area contributed by atoms with Crippen molar-refractivity contribution in [3.05, 3.63) is 11.6 Å². The zero-order valence-corrected chi connectivity index (χ0v) is 21.7. The molecular weight excluding hydrogens is 472 g/mol. The molecule has 0 aromatic rings. The maximum atomic E-state index is 12.1. The third-order valence-corrected chi connectivity index (χ3v) is 7.17. The fraction of sp³-hybridized carbons (Fsp3) is 0.846. The molecule has 36 heavy (non-hydrogen) atoms. The van der Waals surface area contributed by atoms with E-state index in [9.17, 15) is 30.0 Å². The van der Waals surface area contributed by atoms with Crippen LogP contribution < -0.4 is 0 Å². The average Bonchev–Trinajstić information content (AvgIpc) is 3.56. The van der Waals surface area contributed by atoms with Crippen LogP contribution >= 0.6 is 0 Å². The standard InChI is InChI=1S/C26H44O10/c1-16(13-22(30)34-11-9-7-5-4-6-8-10-21(28)29)12-19-23(31)25(32)26(33,15-35-19)14-20-24(36-20)17(2)18(3)27/h13,17-20,23-25,27,31-33H,4-12,14-15H2,1-3H3,(H,28,29). The van der Waals surface area contributed by atoms with Gasteiger partial charge in [-0.1, -0.05) is 38.2 Å². The summed E-state index contributed by atoms with van der Waals surface area (Å²) >= 11 is 0. The number of carboxylic acid groups (broad SMARTS) is 1. The Labute approximate surface area is 213 Å². The van der Waals surface area contributed by atoms with Crippen molar-refractivity contribution in [1.82, 2.24) is 0 Å². The van der Waals surface area contributed by atoms with Crippen LogP contribution in [0.25, 0.3) is 0 Å². The SMILES string of the molecule is CC(=CC(=O)OCCCCCCCCC(=O)O)CC1OCC(O)(CC2OC2C(C)C(C)O)C(O)C1O. The van der Waals surface area contributed by atoms with E-state index < -0.39 is 42.0 Å². The first kappa shape index (κ1) is 30.7. The molecule has 0 spiro atoms. The number of carbonyl (C=O) groups is 2. The van der Waals surface area contributed by atoms with Crippen LogP contribution in [0, 0.1) is 5.92 Å². The molecule has 2 fully saturated rings. The number of aliphatic carboxylic acids is 1. The Hall–Kier alpha value is -1.56. The molecule has 0 aliphatic carbocycles. The van der Waals surface area contributed by atoms with Crippen LogP contribution in [0.5, 0.6) is 0 Å². The minimum Gasteiger partial charge on any atom is -0.481 e. The van der Waals surface area contributed by atoms with E-state index in [1.807, 2.05) is 6.92 Å². The molecule has 2 aliphatic heterocycles. The lowest BCUT2D eigenvalue weighted by molar-refractivity contribution is -0.236. The molecule has 2 heterocycles. The lowest BCUT2D eigenvalue weighted by Gasteiger charge is -2.43. The van der Waals surface area contributed by atoms with Crippen LogP contribution in [0.15, 0.2) is 11.6 Å². The summed E-state index contributed by atoms with van der Waals surface area (Å²) in [5.41, 5.74) is -1.04. The van der Waals surface area contributed by atoms with E-state index in [2.05, 4.69) is 0 Å². The van der Waals surface area contributed by atoms with Crippen molar-refractivity contribution in [2.45, 2.75) is 121 Å². The molecule has 0 radical (unpaired) electrons. The number of ether oxygens (including phenoxy) is 3. The first-order valence-corrected chi connectivity index (χ1v) is 13.0. The highest BCUT2D eigenvalue weighted by Gasteiger charge is 2.54. The zero-order chi connectivity index (χ0) is 26.9. The lowest BCUT2D eigenvalue weighted by Crippen LogP contribution is -2.61. The molecule has 10 heteroatoms. The minimum absolute atomic E-state index is 0.0865. The Kier molecular flexibility index (Phi) is 12.3. The largest absolute Gasteiger partial charge is 0.481 e. The molecule has 2 rings (SSSR count). The summed E-state index contributed by atoms with van der Waals surface area (Å²) in [6.45, 7) is 5.35. The fourth-order valence-electron chi connectivity index (χ4n) is 4.60. The number of carboxylic acids is 1. The number of rotatable bonds is 16. The van der Waals surface area contributed by atoms with E-state index in [1.54, 1.807) is 13.8 Å². The second-order valence-electron chi connectivity index (χ2n) is 10.5. The first-order valence-electron chi connectivity index (χ1n) is 13.0. The molecule has 0 bridgehead atoms. The topological polar surface area (TPSA) is 166 Å². The lowest BCUT2D eigenvalue weighted by atomic mass is 9.82. The molecule has 208 valence electrons. The normalized spacial score (nSPS) is 32.1. The Morgan fingerprint density at radius 3 is 2.36 bits per heavy atom. The quantitative estimate of drug-likeness (QED) is 0.0882. The van der Waals surface area contributed by atoms with E-state index in [4.69, 9.17) is 19.3 Å². The number of aliphatic hydroxyl groups excluding tert-OH is 3. The van der Waals surface area contributed by atoms with Crippen LogP contribution in [-0.2, 0) is 23.8 Å². The third kappa shape index (κ3) is 9.72. The van der Waals surface area contributed by atoms with E-state index in [0.29, 0.717) is 18.6 Å². The average molecular weight is 517 g/mol. The summed E-state index contributed by atoms with van der Waals surface area (Å²) in [7, 11) is 0. The summed E-state index contributed by atoms with van der Waals surface area (Å²) in [6, 6.07) is 0. The summed E-state index contributed by atoms with van der Waals surface area (Å²) < 4.78 is 16.5. The van der Waals surface area contributed by atoms with Crippen LogP contribution in [-0.4, -0.2) is 92.9 Å². The van der Waals surface area contributed by atoms with E-state index in [0.717, 1.165) is 32.1 Å². The number of epoxide rings is 1. The smallest absolute Gasteiger partial charge is 0.330 e. The summed E-state index contributed by atoms with van der Waals surface area (Å²) in [4.78, 5) is 22.5. The van der Waals surface area contributed by atoms with Crippen LogP contribution in [0.4, 0.5) is 0 Å². The van der Waals surface area contributed by atoms with Crippen LogP contribution in [0.3, 0.4) is 0 Å². The van der Waals surface area contributed by atoms with Crippen molar-refractivity contribution >= 4 is 11.9 Å². The Morgan fingerprint density at radius 2 is 1.72 bits per heavy atom. The van der Waals surface area contributed by atoms with Gasteiger partial charge in [0.2, 0.25) is 0 Å². The number of carbonyl (C=O) groups excluding carboxylic acids is 1. The second-order valence-corrected chi connectivity index (χ2v) is 10.5. The molecule has 10 nitrogen and oxygen atoms in total. The number of unbranched alkanes of at least 4 members (excludes halogenated alkanes) is 5. The van der Waals surface area contributed by atoms with Crippen molar-refractivity contribution in [3.63, 3.8) is 0 Å². The molecule has 5 N–H and O–H groups in total. The minimum atomic E-state index is -1.67. The van der Waals surface area contributed by atoms with Gasteiger partial charge in [-0.15, -0.1) is 0 Å². The van der Waals surface area contributed by atoms with E-state index >= 15 is 0 Å². The number of hydrogen-bond acceptors (Lipinski definition) is 9. The van der Waals surface area contributed by atoms with Crippen molar-refractivity contribution < 1.29 is 49.3 Å². The first-order chi connectivity index (χ1) is 16.9.